The minimum Gasteiger partial charge on any atom is -0.246 e. The number of hydrogen-bond acceptors (Lipinski definition) is 5. The second-order valence-corrected chi connectivity index (χ2v) is 13.9. The van der Waals surface area contributed by atoms with Crippen molar-refractivity contribution in [2.75, 3.05) is 10.0 Å². The Balaban J connectivity index is 1.38. The SMILES string of the molecule is [2H]c1ccc2sc3c4c(c5ccccc5c3c2c1)-c1c(ccc2ccccc12)N(c1ccccc1)N4c1nc(-c2ccccc2)c2ccccc2n1. The van der Waals surface area contributed by atoms with E-state index >= 15 is 0 Å². The standard InChI is InChI=1S/C46H28N4S/c1-3-16-30(17-4-1)43-35-23-11-13-25-37(35)47-46(48-43)50-44-42(34-22-10-9-21-33(34)40-36-24-12-14-26-39(36)51-45(40)44)41-32-20-8-7-15-29(32)27-28-38(41)49(50)31-18-5-2-6-19-31/h1-28H/i12D. The molecular formula is C46H28N4S. The summed E-state index contributed by atoms with van der Waals surface area (Å²) < 4.78 is 10.9. The van der Waals surface area contributed by atoms with E-state index in [0.29, 0.717) is 12.0 Å². The summed E-state index contributed by atoms with van der Waals surface area (Å²) >= 11 is 1.77. The second-order valence-electron chi connectivity index (χ2n) is 12.9. The van der Waals surface area contributed by atoms with Gasteiger partial charge in [-0.1, -0.05) is 140 Å². The van der Waals surface area contributed by atoms with Crippen LogP contribution in [0.4, 0.5) is 23.0 Å². The van der Waals surface area contributed by atoms with Crippen molar-refractivity contribution < 1.29 is 1.37 Å². The lowest BCUT2D eigenvalue weighted by molar-refractivity contribution is 0.933. The summed E-state index contributed by atoms with van der Waals surface area (Å²) in [6.45, 7) is 0. The largest absolute Gasteiger partial charge is 0.251 e. The molecule has 5 heteroatoms. The maximum absolute atomic E-state index is 8.64. The third kappa shape index (κ3) is 4.13. The van der Waals surface area contributed by atoms with Crippen LogP contribution in [0.1, 0.15) is 1.37 Å². The van der Waals surface area contributed by atoms with Gasteiger partial charge in [0.2, 0.25) is 0 Å². The lowest BCUT2D eigenvalue weighted by Gasteiger charge is -2.43. The van der Waals surface area contributed by atoms with Gasteiger partial charge in [0.15, 0.2) is 0 Å². The van der Waals surface area contributed by atoms with E-state index in [2.05, 4.69) is 150 Å². The summed E-state index contributed by atoms with van der Waals surface area (Å²) in [5, 5.41) is 12.5. The van der Waals surface area contributed by atoms with E-state index in [1.807, 2.05) is 24.3 Å². The van der Waals surface area contributed by atoms with Gasteiger partial charge in [-0.2, -0.15) is 0 Å². The molecule has 0 spiro atoms. The number of para-hydroxylation sites is 2. The number of thiophene rings is 1. The van der Waals surface area contributed by atoms with E-state index in [9.17, 15) is 0 Å². The van der Waals surface area contributed by atoms with Crippen molar-refractivity contribution in [3.8, 4) is 22.4 Å². The molecule has 8 aromatic carbocycles. The van der Waals surface area contributed by atoms with Gasteiger partial charge in [-0.3, -0.25) is 0 Å². The monoisotopic (exact) mass is 669 g/mol. The van der Waals surface area contributed by atoms with Gasteiger partial charge in [0.05, 0.1) is 34.3 Å². The minimum atomic E-state index is 0.499. The fourth-order valence-electron chi connectivity index (χ4n) is 7.93. The van der Waals surface area contributed by atoms with E-state index in [-0.39, 0.29) is 0 Å². The molecule has 51 heavy (non-hydrogen) atoms. The zero-order chi connectivity index (χ0) is 34.3. The van der Waals surface area contributed by atoms with Crippen molar-refractivity contribution in [3.63, 3.8) is 0 Å². The average Bonchev–Trinajstić information content (AvgIpc) is 3.59. The van der Waals surface area contributed by atoms with Gasteiger partial charge in [-0.05, 0) is 51.9 Å². The molecule has 238 valence electrons. The molecule has 0 saturated carbocycles. The van der Waals surface area contributed by atoms with E-state index in [1.165, 1.54) is 21.7 Å². The maximum Gasteiger partial charge on any atom is 0.251 e. The number of benzene rings is 8. The van der Waals surface area contributed by atoms with Crippen LogP contribution in [0.25, 0.3) is 75.0 Å². The molecular weight excluding hydrogens is 641 g/mol. The topological polar surface area (TPSA) is 32.3 Å². The van der Waals surface area contributed by atoms with E-state index in [0.717, 1.165) is 70.3 Å². The number of hydrazine groups is 1. The Hall–Kier alpha value is -6.56. The summed E-state index contributed by atoms with van der Waals surface area (Å²) in [6.07, 6.45) is 0. The molecule has 0 aliphatic carbocycles. The van der Waals surface area contributed by atoms with Gasteiger partial charge >= 0.3 is 0 Å². The Morgan fingerprint density at radius 3 is 2.06 bits per heavy atom. The summed E-state index contributed by atoms with van der Waals surface area (Å²) in [4.78, 5) is 10.9. The normalized spacial score (nSPS) is 12.9. The third-order valence-corrected chi connectivity index (χ3v) is 11.3. The fourth-order valence-corrected chi connectivity index (χ4v) is 9.16. The van der Waals surface area contributed by atoms with Crippen LogP contribution < -0.4 is 10.0 Å². The molecule has 4 nitrogen and oxygen atoms in total. The van der Waals surface area contributed by atoms with E-state index in [1.54, 1.807) is 11.3 Å². The van der Waals surface area contributed by atoms with Crippen molar-refractivity contribution in [3.05, 3.63) is 170 Å². The number of aromatic nitrogens is 2. The van der Waals surface area contributed by atoms with Crippen LogP contribution in [0.5, 0.6) is 0 Å². The Morgan fingerprint density at radius 1 is 0.510 bits per heavy atom. The summed E-state index contributed by atoms with van der Waals surface area (Å²) in [7, 11) is 0. The molecule has 0 saturated heterocycles. The molecule has 0 fully saturated rings. The van der Waals surface area contributed by atoms with Gasteiger partial charge in [0.1, 0.15) is 0 Å². The Morgan fingerprint density at radius 2 is 1.22 bits per heavy atom. The van der Waals surface area contributed by atoms with Crippen LogP contribution in [-0.4, -0.2) is 9.97 Å². The van der Waals surface area contributed by atoms with E-state index < -0.39 is 0 Å². The predicted octanol–water partition coefficient (Wildman–Crippen LogP) is 12.8. The third-order valence-electron chi connectivity index (χ3n) is 10.1. The van der Waals surface area contributed by atoms with Crippen LogP contribution >= 0.6 is 11.3 Å². The highest BCUT2D eigenvalue weighted by Gasteiger charge is 2.38. The smallest absolute Gasteiger partial charge is 0.246 e. The number of hydrogen-bond donors (Lipinski definition) is 0. The number of anilines is 4. The highest BCUT2D eigenvalue weighted by atomic mass is 32.1. The average molecular weight is 670 g/mol. The van der Waals surface area contributed by atoms with Gasteiger partial charge in [-0.25, -0.2) is 20.0 Å². The first-order valence-corrected chi connectivity index (χ1v) is 17.9. The van der Waals surface area contributed by atoms with Crippen LogP contribution in [0.2, 0.25) is 0 Å². The van der Waals surface area contributed by atoms with Gasteiger partial charge in [-0.15, -0.1) is 11.3 Å². The van der Waals surface area contributed by atoms with Crippen molar-refractivity contribution in [2.45, 2.75) is 0 Å². The first kappa shape index (κ1) is 27.3. The van der Waals surface area contributed by atoms with Crippen LogP contribution in [0.15, 0.2) is 170 Å². The zero-order valence-corrected chi connectivity index (χ0v) is 28.1. The van der Waals surface area contributed by atoms with Gasteiger partial charge in [0, 0.05) is 37.5 Å². The van der Waals surface area contributed by atoms with Gasteiger partial charge in [0.25, 0.3) is 5.95 Å². The van der Waals surface area contributed by atoms with Crippen molar-refractivity contribution in [1.82, 2.24) is 9.97 Å². The van der Waals surface area contributed by atoms with Crippen molar-refractivity contribution in [1.29, 1.82) is 0 Å². The second kappa shape index (κ2) is 11.0. The van der Waals surface area contributed by atoms with Crippen molar-refractivity contribution >= 4 is 87.0 Å². The summed E-state index contributed by atoms with van der Waals surface area (Å²) in [6, 6.07) is 57.6. The lowest BCUT2D eigenvalue weighted by Crippen LogP contribution is -2.40. The van der Waals surface area contributed by atoms with Crippen LogP contribution in [0.3, 0.4) is 0 Å². The molecule has 11 rings (SSSR count). The fraction of sp³-hybridized carbons (Fsp3) is 0. The highest BCUT2D eigenvalue weighted by molar-refractivity contribution is 7.26. The molecule has 0 N–H and O–H groups in total. The number of fused-ring (bicyclic) bond motifs is 13. The summed E-state index contributed by atoms with van der Waals surface area (Å²) in [5.74, 6) is 0.580. The summed E-state index contributed by atoms with van der Waals surface area (Å²) in [5.41, 5.74) is 8.19. The predicted molar refractivity (Wildman–Crippen MR) is 215 cm³/mol. The Bertz CT molecular complexity index is 3050. The molecule has 10 aromatic rings. The Labute approximate surface area is 299 Å². The molecule has 1 aliphatic heterocycles. The highest BCUT2D eigenvalue weighted by Crippen LogP contribution is 2.58. The first-order chi connectivity index (χ1) is 25.7. The molecule has 2 aromatic heterocycles. The molecule has 3 heterocycles. The molecule has 0 amide bonds. The maximum atomic E-state index is 8.64. The minimum absolute atomic E-state index is 0.499. The van der Waals surface area contributed by atoms with E-state index in [4.69, 9.17) is 11.3 Å². The quantitative estimate of drug-likeness (QED) is 0.187. The molecule has 0 atom stereocenters. The van der Waals surface area contributed by atoms with Gasteiger partial charge < -0.3 is 0 Å². The number of rotatable bonds is 3. The Kier molecular flexibility index (Phi) is 5.87. The lowest BCUT2D eigenvalue weighted by atomic mass is 9.87. The van der Waals surface area contributed by atoms with Crippen LogP contribution in [0, 0.1) is 0 Å². The van der Waals surface area contributed by atoms with Crippen LogP contribution in [-0.2, 0) is 0 Å². The molecule has 0 unspecified atom stereocenters. The molecule has 0 radical (unpaired) electrons. The molecule has 0 bridgehead atoms. The number of nitrogens with zero attached hydrogens (tertiary/aromatic N) is 4. The first-order valence-electron chi connectivity index (χ1n) is 17.6. The molecule has 1 aliphatic rings. The van der Waals surface area contributed by atoms with Crippen molar-refractivity contribution in [2.24, 2.45) is 0 Å². The zero-order valence-electron chi connectivity index (χ0n) is 28.3.